The molecule has 0 unspecified atom stereocenters. The van der Waals surface area contributed by atoms with Crippen LogP contribution in [0.2, 0.25) is 0 Å². The highest BCUT2D eigenvalue weighted by Gasteiger charge is 2.38. The number of carbonyl (C=O) groups excluding carboxylic acids is 1. The molecule has 7 heteroatoms. The highest BCUT2D eigenvalue weighted by molar-refractivity contribution is 7.16. The molecule has 2 fully saturated rings. The number of rotatable bonds is 5. The van der Waals surface area contributed by atoms with Crippen LogP contribution in [0.5, 0.6) is 0 Å². The summed E-state index contributed by atoms with van der Waals surface area (Å²) in [5.41, 5.74) is -0.0331. The fraction of sp³-hybridized carbons (Fsp3) is 0.650. The van der Waals surface area contributed by atoms with Crippen molar-refractivity contribution in [2.75, 3.05) is 19.6 Å². The van der Waals surface area contributed by atoms with Crippen molar-refractivity contribution in [2.45, 2.75) is 63.5 Å². The summed E-state index contributed by atoms with van der Waals surface area (Å²) in [6.07, 6.45) is 11.4. The average molecular weight is 389 g/mol. The number of hydrogen-bond donors (Lipinski definition) is 1. The van der Waals surface area contributed by atoms with Crippen LogP contribution in [0.3, 0.4) is 0 Å². The Bertz CT molecular complexity index is 847. The molecule has 1 aliphatic carbocycles. The predicted molar refractivity (Wildman–Crippen MR) is 108 cm³/mol. The van der Waals surface area contributed by atoms with Gasteiger partial charge < -0.3 is 5.32 Å². The maximum absolute atomic E-state index is 12.6. The molecule has 0 bridgehead atoms. The van der Waals surface area contributed by atoms with E-state index < -0.39 is 0 Å². The van der Waals surface area contributed by atoms with E-state index >= 15 is 0 Å². The minimum Gasteiger partial charge on any atom is -0.353 e. The van der Waals surface area contributed by atoms with Gasteiger partial charge in [0.2, 0.25) is 5.91 Å². The number of thiophene rings is 1. The van der Waals surface area contributed by atoms with Crippen molar-refractivity contribution in [2.24, 2.45) is 0 Å². The lowest BCUT2D eigenvalue weighted by Gasteiger charge is -2.48. The van der Waals surface area contributed by atoms with Crippen molar-refractivity contribution in [3.63, 3.8) is 0 Å². The molecule has 1 saturated carbocycles. The normalized spacial score (nSPS) is 20.6. The lowest BCUT2D eigenvalue weighted by atomic mass is 9.79. The lowest BCUT2D eigenvalue weighted by Crippen LogP contribution is -2.58. The molecule has 3 heterocycles. The smallest absolute Gasteiger partial charge is 0.262 e. The largest absolute Gasteiger partial charge is 0.353 e. The molecule has 1 amide bonds. The van der Waals surface area contributed by atoms with Crippen LogP contribution in [0.25, 0.3) is 10.2 Å². The SMILES string of the molecule is O=C(Cn1cnc2sccc2c1=O)NCC1(N2CCCCC2)CCCCC1. The van der Waals surface area contributed by atoms with Gasteiger partial charge in [-0.25, -0.2) is 4.98 Å². The van der Waals surface area contributed by atoms with E-state index in [0.29, 0.717) is 11.9 Å². The number of aromatic nitrogens is 2. The van der Waals surface area contributed by atoms with Gasteiger partial charge in [-0.2, -0.15) is 0 Å². The summed E-state index contributed by atoms with van der Waals surface area (Å²) in [7, 11) is 0. The van der Waals surface area contributed by atoms with Gasteiger partial charge in [-0.3, -0.25) is 19.1 Å². The van der Waals surface area contributed by atoms with Crippen LogP contribution >= 0.6 is 11.3 Å². The zero-order chi connectivity index (χ0) is 18.7. The van der Waals surface area contributed by atoms with E-state index in [9.17, 15) is 9.59 Å². The second kappa shape index (κ2) is 8.10. The number of piperidine rings is 1. The summed E-state index contributed by atoms with van der Waals surface area (Å²) >= 11 is 1.44. The Labute approximate surface area is 163 Å². The zero-order valence-electron chi connectivity index (χ0n) is 15.8. The summed E-state index contributed by atoms with van der Waals surface area (Å²) in [4.78, 5) is 32.7. The average Bonchev–Trinajstić information content (AvgIpc) is 3.20. The number of carbonyl (C=O) groups is 1. The summed E-state index contributed by atoms with van der Waals surface area (Å²) < 4.78 is 1.42. The number of likely N-dealkylation sites (tertiary alicyclic amines) is 1. The van der Waals surface area contributed by atoms with E-state index in [4.69, 9.17) is 0 Å². The van der Waals surface area contributed by atoms with Crippen LogP contribution in [0.1, 0.15) is 51.4 Å². The quantitative estimate of drug-likeness (QED) is 0.855. The van der Waals surface area contributed by atoms with Gasteiger partial charge in [0.1, 0.15) is 11.4 Å². The van der Waals surface area contributed by atoms with Gasteiger partial charge in [0, 0.05) is 12.1 Å². The molecule has 6 nitrogen and oxygen atoms in total. The van der Waals surface area contributed by atoms with Crippen molar-refractivity contribution in [3.8, 4) is 0 Å². The molecule has 0 atom stereocenters. The number of fused-ring (bicyclic) bond motifs is 1. The third kappa shape index (κ3) is 3.94. The topological polar surface area (TPSA) is 67.2 Å². The van der Waals surface area contributed by atoms with Gasteiger partial charge in [0.05, 0.1) is 11.7 Å². The standard InChI is InChI=1S/C20H28N4O2S/c25-17(13-23-15-22-18-16(19(23)26)7-12-27-18)21-14-20(8-3-1-4-9-20)24-10-5-2-6-11-24/h7,12,15H,1-6,8-11,13-14H2,(H,21,25). The molecule has 146 valence electrons. The van der Waals surface area contributed by atoms with E-state index in [-0.39, 0.29) is 23.6 Å². The van der Waals surface area contributed by atoms with Crippen LogP contribution in [-0.4, -0.2) is 45.5 Å². The fourth-order valence-corrected chi connectivity index (χ4v) is 5.39. The molecule has 0 aromatic carbocycles. The third-order valence-electron chi connectivity index (χ3n) is 6.19. The van der Waals surface area contributed by atoms with E-state index in [2.05, 4.69) is 15.2 Å². The van der Waals surface area contributed by atoms with Crippen LogP contribution < -0.4 is 10.9 Å². The van der Waals surface area contributed by atoms with Gasteiger partial charge in [0.25, 0.3) is 5.56 Å². The Morgan fingerprint density at radius 2 is 1.89 bits per heavy atom. The van der Waals surface area contributed by atoms with E-state index in [1.807, 2.05) is 5.38 Å². The van der Waals surface area contributed by atoms with Crippen LogP contribution in [-0.2, 0) is 11.3 Å². The summed E-state index contributed by atoms with van der Waals surface area (Å²) in [5, 5.41) is 5.59. The molecule has 2 aromatic heterocycles. The van der Waals surface area contributed by atoms with Crippen molar-refractivity contribution in [1.29, 1.82) is 0 Å². The van der Waals surface area contributed by atoms with Gasteiger partial charge in [-0.05, 0) is 50.2 Å². The zero-order valence-corrected chi connectivity index (χ0v) is 16.6. The molecule has 1 N–H and O–H groups in total. The maximum Gasteiger partial charge on any atom is 0.262 e. The van der Waals surface area contributed by atoms with Crippen LogP contribution in [0.4, 0.5) is 0 Å². The first kappa shape index (κ1) is 18.6. The minimum atomic E-state index is -0.139. The van der Waals surface area contributed by atoms with Gasteiger partial charge in [-0.1, -0.05) is 25.7 Å². The Morgan fingerprint density at radius 1 is 1.15 bits per heavy atom. The third-order valence-corrected chi connectivity index (χ3v) is 7.01. The van der Waals surface area contributed by atoms with E-state index in [1.54, 1.807) is 6.07 Å². The number of amides is 1. The van der Waals surface area contributed by atoms with Crippen LogP contribution in [0, 0.1) is 0 Å². The maximum atomic E-state index is 12.6. The first-order valence-corrected chi connectivity index (χ1v) is 11.0. The summed E-state index contributed by atoms with van der Waals surface area (Å²) in [6.45, 7) is 3.02. The van der Waals surface area contributed by atoms with Gasteiger partial charge in [0.15, 0.2) is 0 Å². The Morgan fingerprint density at radius 3 is 2.67 bits per heavy atom. The highest BCUT2D eigenvalue weighted by Crippen LogP contribution is 2.35. The Kier molecular flexibility index (Phi) is 5.59. The van der Waals surface area contributed by atoms with Crippen molar-refractivity contribution >= 4 is 27.5 Å². The van der Waals surface area contributed by atoms with Gasteiger partial charge in [-0.15, -0.1) is 11.3 Å². The second-order valence-corrected chi connectivity index (χ2v) is 8.82. The first-order chi connectivity index (χ1) is 13.2. The highest BCUT2D eigenvalue weighted by atomic mass is 32.1. The minimum absolute atomic E-state index is 0.0354. The predicted octanol–water partition coefficient (Wildman–Crippen LogP) is 2.76. The number of hydrogen-bond acceptors (Lipinski definition) is 5. The molecule has 0 spiro atoms. The molecule has 4 rings (SSSR count). The van der Waals surface area contributed by atoms with Crippen molar-refractivity contribution in [3.05, 3.63) is 28.1 Å². The molecule has 2 aromatic rings. The number of nitrogens with zero attached hydrogens (tertiary/aromatic N) is 3. The summed E-state index contributed by atoms with van der Waals surface area (Å²) in [6, 6.07) is 1.77. The monoisotopic (exact) mass is 388 g/mol. The number of nitrogens with one attached hydrogen (secondary N) is 1. The molecule has 0 radical (unpaired) electrons. The van der Waals surface area contributed by atoms with Crippen LogP contribution in [0.15, 0.2) is 22.6 Å². The Hall–Kier alpha value is -1.73. The molecule has 2 aliphatic rings. The van der Waals surface area contributed by atoms with Crippen molar-refractivity contribution < 1.29 is 4.79 Å². The molecular weight excluding hydrogens is 360 g/mol. The Balaban J connectivity index is 1.43. The fourth-order valence-electron chi connectivity index (χ4n) is 4.66. The molecule has 1 saturated heterocycles. The second-order valence-electron chi connectivity index (χ2n) is 7.93. The lowest BCUT2D eigenvalue weighted by molar-refractivity contribution is -0.122. The molecule has 27 heavy (non-hydrogen) atoms. The first-order valence-electron chi connectivity index (χ1n) is 10.1. The van der Waals surface area contributed by atoms with Crippen molar-refractivity contribution in [1.82, 2.24) is 19.8 Å². The van der Waals surface area contributed by atoms with Gasteiger partial charge >= 0.3 is 0 Å². The molecular formula is C20H28N4O2S. The molecule has 1 aliphatic heterocycles. The van der Waals surface area contributed by atoms with E-state index in [0.717, 1.165) is 30.8 Å². The van der Waals surface area contributed by atoms with E-state index in [1.165, 1.54) is 60.8 Å². The summed E-state index contributed by atoms with van der Waals surface area (Å²) in [5.74, 6) is -0.101.